The van der Waals surface area contributed by atoms with Gasteiger partial charge in [0.2, 0.25) is 0 Å². The molecule has 0 spiro atoms. The highest BCUT2D eigenvalue weighted by Gasteiger charge is 2.07. The largest absolute Gasteiger partial charge is 0.480 e. The maximum Gasteiger partial charge on any atom is 0.344 e. The Kier molecular flexibility index (Phi) is 11.7. The van der Waals surface area contributed by atoms with Crippen LogP contribution >= 0.6 is 23.2 Å². The lowest BCUT2D eigenvalue weighted by Crippen LogP contribution is -2.16. The fraction of sp³-hybridized carbons (Fsp3) is 0.588. The van der Waals surface area contributed by atoms with E-state index in [4.69, 9.17) is 42.1 Å². The minimum absolute atomic E-state index is 0.201. The molecule has 0 radical (unpaired) electrons. The summed E-state index contributed by atoms with van der Waals surface area (Å²) < 4.78 is 21.1. The SMILES string of the molecule is CCCCOCCOCCCOC(=O)COc1ccc(Cl)cc1Cl. The second-order valence-electron chi connectivity index (χ2n) is 5.02. The molecule has 136 valence electrons. The molecule has 0 bridgehead atoms. The quantitative estimate of drug-likeness (QED) is 0.381. The van der Waals surface area contributed by atoms with Gasteiger partial charge in [-0.05, 0) is 24.6 Å². The molecule has 0 atom stereocenters. The zero-order chi connectivity index (χ0) is 17.6. The van der Waals surface area contributed by atoms with Crippen LogP contribution in [0, 0.1) is 0 Å². The van der Waals surface area contributed by atoms with E-state index in [1.54, 1.807) is 18.2 Å². The summed E-state index contributed by atoms with van der Waals surface area (Å²) in [6.45, 7) is 4.64. The molecule has 0 heterocycles. The molecular weight excluding hydrogens is 355 g/mol. The summed E-state index contributed by atoms with van der Waals surface area (Å²) in [6.07, 6.45) is 2.82. The minimum Gasteiger partial charge on any atom is -0.480 e. The maximum absolute atomic E-state index is 11.6. The lowest BCUT2D eigenvalue weighted by molar-refractivity contribution is -0.146. The van der Waals surface area contributed by atoms with E-state index in [1.165, 1.54) is 0 Å². The molecule has 1 aromatic rings. The van der Waals surface area contributed by atoms with Gasteiger partial charge in [0.05, 0.1) is 24.8 Å². The molecule has 7 heteroatoms. The minimum atomic E-state index is -0.455. The molecule has 0 aliphatic carbocycles. The number of hydrogen-bond donors (Lipinski definition) is 0. The topological polar surface area (TPSA) is 54.0 Å². The highest BCUT2D eigenvalue weighted by atomic mass is 35.5. The lowest BCUT2D eigenvalue weighted by Gasteiger charge is -2.09. The number of unbranched alkanes of at least 4 members (excludes halogenated alkanes) is 1. The van der Waals surface area contributed by atoms with E-state index in [0.717, 1.165) is 19.4 Å². The van der Waals surface area contributed by atoms with Gasteiger partial charge in [0.15, 0.2) is 6.61 Å². The Morgan fingerprint density at radius 2 is 1.71 bits per heavy atom. The standard InChI is InChI=1S/C17H24Cl2O5/c1-2-3-7-21-10-11-22-8-4-9-23-17(20)13-24-16-6-5-14(18)12-15(16)19/h5-6,12H,2-4,7-11,13H2,1H3. The molecule has 5 nitrogen and oxygen atoms in total. The number of carbonyl (C=O) groups is 1. The van der Waals surface area contributed by atoms with Crippen LogP contribution < -0.4 is 4.74 Å². The Morgan fingerprint density at radius 1 is 1.00 bits per heavy atom. The Balaban J connectivity index is 1.98. The van der Waals surface area contributed by atoms with Crippen LogP contribution in [-0.4, -0.2) is 45.6 Å². The summed E-state index contributed by atoms with van der Waals surface area (Å²) in [5, 5.41) is 0.857. The van der Waals surface area contributed by atoms with Gasteiger partial charge in [-0.3, -0.25) is 0 Å². The van der Waals surface area contributed by atoms with Crippen LogP contribution in [0.4, 0.5) is 0 Å². The van der Waals surface area contributed by atoms with Gasteiger partial charge >= 0.3 is 5.97 Å². The van der Waals surface area contributed by atoms with Crippen molar-refractivity contribution in [2.75, 3.05) is 39.6 Å². The number of hydrogen-bond acceptors (Lipinski definition) is 5. The molecule has 0 aliphatic rings. The van der Waals surface area contributed by atoms with Crippen molar-refractivity contribution >= 4 is 29.2 Å². The highest BCUT2D eigenvalue weighted by molar-refractivity contribution is 6.35. The smallest absolute Gasteiger partial charge is 0.344 e. The molecule has 0 saturated heterocycles. The average Bonchev–Trinajstić information content (AvgIpc) is 2.56. The molecule has 1 aromatic carbocycles. The third-order valence-corrected chi connectivity index (χ3v) is 3.48. The van der Waals surface area contributed by atoms with E-state index in [0.29, 0.717) is 42.0 Å². The Morgan fingerprint density at radius 3 is 2.38 bits per heavy atom. The first-order chi connectivity index (χ1) is 11.6. The molecule has 1 rings (SSSR count). The summed E-state index contributed by atoms with van der Waals surface area (Å²) in [6, 6.07) is 4.79. The molecule has 0 amide bonds. The van der Waals surface area contributed by atoms with Crippen LogP contribution in [0.1, 0.15) is 26.2 Å². The van der Waals surface area contributed by atoms with Gasteiger partial charge in [0.1, 0.15) is 5.75 Å². The van der Waals surface area contributed by atoms with Crippen LogP contribution in [0.2, 0.25) is 10.0 Å². The molecule has 0 fully saturated rings. The lowest BCUT2D eigenvalue weighted by atomic mass is 10.3. The number of carbonyl (C=O) groups excluding carboxylic acids is 1. The monoisotopic (exact) mass is 378 g/mol. The van der Waals surface area contributed by atoms with Gasteiger partial charge in [0, 0.05) is 24.7 Å². The summed E-state index contributed by atoms with van der Waals surface area (Å²) in [4.78, 5) is 11.6. The van der Waals surface area contributed by atoms with Crippen molar-refractivity contribution in [1.82, 2.24) is 0 Å². The van der Waals surface area contributed by atoms with E-state index >= 15 is 0 Å². The van der Waals surface area contributed by atoms with Gasteiger partial charge in [-0.15, -0.1) is 0 Å². The molecular formula is C17H24Cl2O5. The molecule has 0 aromatic heterocycles. The number of ether oxygens (including phenoxy) is 4. The van der Waals surface area contributed by atoms with Crippen molar-refractivity contribution in [3.63, 3.8) is 0 Å². The summed E-state index contributed by atoms with van der Waals surface area (Å²) in [5.41, 5.74) is 0. The first kappa shape index (κ1) is 21.0. The second-order valence-corrected chi connectivity index (χ2v) is 5.86. The predicted molar refractivity (Wildman–Crippen MR) is 94.1 cm³/mol. The van der Waals surface area contributed by atoms with E-state index in [1.807, 2.05) is 0 Å². The van der Waals surface area contributed by atoms with Crippen LogP contribution in [0.3, 0.4) is 0 Å². The summed E-state index contributed by atoms with van der Waals surface area (Å²) in [5.74, 6) is -0.0617. The van der Waals surface area contributed by atoms with Crippen LogP contribution in [0.25, 0.3) is 0 Å². The van der Waals surface area contributed by atoms with Crippen molar-refractivity contribution in [3.8, 4) is 5.75 Å². The molecule has 0 unspecified atom stereocenters. The zero-order valence-electron chi connectivity index (χ0n) is 13.9. The Labute approximate surface area is 153 Å². The van der Waals surface area contributed by atoms with Gasteiger partial charge in [-0.25, -0.2) is 4.79 Å². The zero-order valence-corrected chi connectivity index (χ0v) is 15.4. The number of esters is 1. The highest BCUT2D eigenvalue weighted by Crippen LogP contribution is 2.27. The van der Waals surface area contributed by atoms with Crippen molar-refractivity contribution in [1.29, 1.82) is 0 Å². The maximum atomic E-state index is 11.6. The van der Waals surface area contributed by atoms with E-state index < -0.39 is 5.97 Å². The third-order valence-electron chi connectivity index (χ3n) is 2.95. The van der Waals surface area contributed by atoms with Crippen LogP contribution in [-0.2, 0) is 19.0 Å². The van der Waals surface area contributed by atoms with Crippen molar-refractivity contribution in [2.45, 2.75) is 26.2 Å². The van der Waals surface area contributed by atoms with Crippen molar-refractivity contribution < 1.29 is 23.7 Å². The third kappa shape index (κ3) is 9.98. The fourth-order valence-corrected chi connectivity index (χ4v) is 2.15. The van der Waals surface area contributed by atoms with Gasteiger partial charge in [-0.1, -0.05) is 36.5 Å². The van der Waals surface area contributed by atoms with Crippen molar-refractivity contribution in [3.05, 3.63) is 28.2 Å². The first-order valence-corrected chi connectivity index (χ1v) is 8.78. The molecule has 24 heavy (non-hydrogen) atoms. The van der Waals surface area contributed by atoms with Gasteiger partial charge < -0.3 is 18.9 Å². The summed E-state index contributed by atoms with van der Waals surface area (Å²) in [7, 11) is 0. The van der Waals surface area contributed by atoms with E-state index in [2.05, 4.69) is 6.92 Å². The Bertz CT molecular complexity index is 482. The number of halogens is 2. The van der Waals surface area contributed by atoms with Crippen LogP contribution in [0.5, 0.6) is 5.75 Å². The number of benzene rings is 1. The second kappa shape index (κ2) is 13.3. The molecule has 0 aliphatic heterocycles. The normalized spacial score (nSPS) is 10.6. The van der Waals surface area contributed by atoms with E-state index in [-0.39, 0.29) is 13.2 Å². The molecule has 0 saturated carbocycles. The van der Waals surface area contributed by atoms with Gasteiger partial charge in [0.25, 0.3) is 0 Å². The Hall–Kier alpha value is -1.01. The van der Waals surface area contributed by atoms with Crippen LogP contribution in [0.15, 0.2) is 18.2 Å². The predicted octanol–water partition coefficient (Wildman–Crippen LogP) is 4.14. The van der Waals surface area contributed by atoms with Crippen molar-refractivity contribution in [2.24, 2.45) is 0 Å². The average molecular weight is 379 g/mol. The van der Waals surface area contributed by atoms with Gasteiger partial charge in [-0.2, -0.15) is 0 Å². The first-order valence-electron chi connectivity index (χ1n) is 8.02. The summed E-state index contributed by atoms with van der Waals surface area (Å²) >= 11 is 11.7. The fourth-order valence-electron chi connectivity index (χ4n) is 1.69. The molecule has 0 N–H and O–H groups in total. The number of rotatable bonds is 13. The van der Waals surface area contributed by atoms with E-state index in [9.17, 15) is 4.79 Å².